The lowest BCUT2D eigenvalue weighted by Crippen LogP contribution is -2.03. The number of ketones is 1. The molecule has 0 amide bonds. The molecule has 0 atom stereocenters. The summed E-state index contributed by atoms with van der Waals surface area (Å²) in [6.45, 7) is 0. The van der Waals surface area contributed by atoms with Crippen molar-refractivity contribution in [2.24, 2.45) is 0 Å². The minimum Gasteiger partial charge on any atom is -0.289 e. The fourth-order valence-electron chi connectivity index (χ4n) is 1.32. The third-order valence-electron chi connectivity index (χ3n) is 2.11. The first-order valence-corrected chi connectivity index (χ1v) is 5.61. The topological polar surface area (TPSA) is 17.1 Å². The molecule has 0 N–H and O–H groups in total. The predicted octanol–water partition coefficient (Wildman–Crippen LogP) is 3.20. The van der Waals surface area contributed by atoms with Gasteiger partial charge in [-0.05, 0) is 35.7 Å². The minimum atomic E-state index is -0.324. The van der Waals surface area contributed by atoms with Gasteiger partial charge in [0.05, 0.1) is 0 Å². The SMILES string of the molecule is O=C(C1=CCSC=C1)c1ccc(F)cc1. The van der Waals surface area contributed by atoms with E-state index in [2.05, 4.69) is 0 Å². The molecular weight excluding hydrogens is 211 g/mol. The maximum absolute atomic E-state index is 12.6. The Balaban J connectivity index is 2.24. The largest absolute Gasteiger partial charge is 0.289 e. The number of carbonyl (C=O) groups excluding carboxylic acids is 1. The van der Waals surface area contributed by atoms with Crippen LogP contribution in [0.4, 0.5) is 4.39 Å². The van der Waals surface area contributed by atoms with Crippen molar-refractivity contribution in [3.63, 3.8) is 0 Å². The third kappa shape index (κ3) is 2.36. The number of benzene rings is 1. The molecule has 1 aromatic carbocycles. The van der Waals surface area contributed by atoms with Crippen molar-refractivity contribution < 1.29 is 9.18 Å². The highest BCUT2D eigenvalue weighted by Gasteiger charge is 2.10. The van der Waals surface area contributed by atoms with Crippen LogP contribution in [0.1, 0.15) is 10.4 Å². The van der Waals surface area contributed by atoms with E-state index < -0.39 is 0 Å². The van der Waals surface area contributed by atoms with Crippen LogP contribution >= 0.6 is 11.8 Å². The fraction of sp³-hybridized carbons (Fsp3) is 0.0833. The van der Waals surface area contributed by atoms with Crippen molar-refractivity contribution >= 4 is 17.5 Å². The second-order valence-corrected chi connectivity index (χ2v) is 4.07. The molecule has 15 heavy (non-hydrogen) atoms. The van der Waals surface area contributed by atoms with E-state index in [1.807, 2.05) is 11.5 Å². The summed E-state index contributed by atoms with van der Waals surface area (Å²) >= 11 is 1.64. The van der Waals surface area contributed by atoms with E-state index in [-0.39, 0.29) is 11.6 Å². The van der Waals surface area contributed by atoms with Gasteiger partial charge in [-0.1, -0.05) is 6.08 Å². The highest BCUT2D eigenvalue weighted by Crippen LogP contribution is 2.18. The summed E-state index contributed by atoms with van der Waals surface area (Å²) in [5.74, 6) is 0.445. The molecule has 76 valence electrons. The summed E-state index contributed by atoms with van der Waals surface area (Å²) in [6.07, 6.45) is 3.68. The molecule has 0 bridgehead atoms. The van der Waals surface area contributed by atoms with E-state index in [9.17, 15) is 9.18 Å². The Morgan fingerprint density at radius 1 is 1.27 bits per heavy atom. The Bertz CT molecular complexity index is 431. The number of allylic oxidation sites excluding steroid dienone is 2. The molecule has 1 aromatic rings. The van der Waals surface area contributed by atoms with Crippen LogP contribution in [0.15, 0.2) is 47.4 Å². The van der Waals surface area contributed by atoms with E-state index in [0.717, 1.165) is 5.75 Å². The number of hydrogen-bond donors (Lipinski definition) is 0. The summed E-state index contributed by atoms with van der Waals surface area (Å²) in [7, 11) is 0. The first-order valence-electron chi connectivity index (χ1n) is 4.56. The van der Waals surface area contributed by atoms with E-state index in [0.29, 0.717) is 11.1 Å². The number of halogens is 1. The molecule has 0 radical (unpaired) electrons. The van der Waals surface area contributed by atoms with Gasteiger partial charge in [-0.3, -0.25) is 4.79 Å². The molecule has 0 unspecified atom stereocenters. The van der Waals surface area contributed by atoms with E-state index in [4.69, 9.17) is 0 Å². The molecule has 2 rings (SSSR count). The van der Waals surface area contributed by atoms with Crippen LogP contribution in [0.5, 0.6) is 0 Å². The van der Waals surface area contributed by atoms with Gasteiger partial charge in [-0.15, -0.1) is 11.8 Å². The molecule has 0 saturated heterocycles. The van der Waals surface area contributed by atoms with Gasteiger partial charge >= 0.3 is 0 Å². The lowest BCUT2D eigenvalue weighted by atomic mass is 10.0. The monoisotopic (exact) mass is 220 g/mol. The maximum atomic E-state index is 12.6. The molecule has 0 spiro atoms. The van der Waals surface area contributed by atoms with Gasteiger partial charge in [0.25, 0.3) is 0 Å². The lowest BCUT2D eigenvalue weighted by Gasteiger charge is -2.05. The Morgan fingerprint density at radius 3 is 2.60 bits per heavy atom. The average molecular weight is 220 g/mol. The Morgan fingerprint density at radius 2 is 2.00 bits per heavy atom. The molecule has 1 aliphatic heterocycles. The van der Waals surface area contributed by atoms with Crippen molar-refractivity contribution in [2.75, 3.05) is 5.75 Å². The third-order valence-corrected chi connectivity index (χ3v) is 2.80. The van der Waals surface area contributed by atoms with Crippen LogP contribution in [0.2, 0.25) is 0 Å². The second-order valence-electron chi connectivity index (χ2n) is 3.13. The summed E-state index contributed by atoms with van der Waals surface area (Å²) in [5.41, 5.74) is 1.21. The van der Waals surface area contributed by atoms with Crippen LogP contribution < -0.4 is 0 Å². The number of thioether (sulfide) groups is 1. The van der Waals surface area contributed by atoms with Crippen molar-refractivity contribution in [3.05, 3.63) is 58.8 Å². The van der Waals surface area contributed by atoms with Crippen molar-refractivity contribution in [3.8, 4) is 0 Å². The van der Waals surface area contributed by atoms with Gasteiger partial charge in [-0.25, -0.2) is 4.39 Å². The van der Waals surface area contributed by atoms with Crippen LogP contribution in [0, 0.1) is 5.82 Å². The zero-order chi connectivity index (χ0) is 10.7. The summed E-state index contributed by atoms with van der Waals surface area (Å²) in [5, 5.41) is 1.90. The Kier molecular flexibility index (Phi) is 3.02. The highest BCUT2D eigenvalue weighted by molar-refractivity contribution is 8.02. The number of rotatable bonds is 2. The minimum absolute atomic E-state index is 0.0495. The number of Topliss-reactive ketones (excluding diaryl/α,β-unsaturated/α-hetero) is 1. The first kappa shape index (κ1) is 10.2. The Hall–Kier alpha value is -1.35. The molecule has 1 heterocycles. The maximum Gasteiger partial charge on any atom is 0.192 e. The number of hydrogen-bond acceptors (Lipinski definition) is 2. The zero-order valence-corrected chi connectivity index (χ0v) is 8.76. The molecule has 1 nitrogen and oxygen atoms in total. The van der Waals surface area contributed by atoms with Gasteiger partial charge in [0.1, 0.15) is 5.82 Å². The average Bonchev–Trinajstić information content (AvgIpc) is 2.30. The second kappa shape index (κ2) is 4.45. The van der Waals surface area contributed by atoms with Crippen LogP contribution in [-0.4, -0.2) is 11.5 Å². The fourth-order valence-corrected chi connectivity index (χ4v) is 1.95. The predicted molar refractivity (Wildman–Crippen MR) is 60.4 cm³/mol. The standard InChI is InChI=1S/C12H9FOS/c13-11-3-1-9(2-4-11)12(14)10-5-7-15-8-6-10/h1-7H,8H2. The zero-order valence-electron chi connectivity index (χ0n) is 7.94. The molecular formula is C12H9FOS. The molecule has 0 fully saturated rings. The quantitative estimate of drug-likeness (QED) is 0.712. The van der Waals surface area contributed by atoms with E-state index in [1.165, 1.54) is 24.3 Å². The van der Waals surface area contributed by atoms with E-state index in [1.54, 1.807) is 17.8 Å². The van der Waals surface area contributed by atoms with Crippen molar-refractivity contribution in [2.45, 2.75) is 0 Å². The normalized spacial score (nSPS) is 14.9. The summed E-state index contributed by atoms with van der Waals surface area (Å²) < 4.78 is 12.6. The summed E-state index contributed by atoms with van der Waals surface area (Å²) in [4.78, 5) is 11.9. The Labute approximate surface area is 91.7 Å². The molecule has 3 heteroatoms. The molecule has 0 saturated carbocycles. The van der Waals surface area contributed by atoms with Crippen LogP contribution in [-0.2, 0) is 0 Å². The van der Waals surface area contributed by atoms with Gasteiger partial charge in [0, 0.05) is 16.9 Å². The molecule has 0 aromatic heterocycles. The summed E-state index contributed by atoms with van der Waals surface area (Å²) in [6, 6.07) is 5.62. The first-order chi connectivity index (χ1) is 7.27. The molecule has 1 aliphatic rings. The van der Waals surface area contributed by atoms with Gasteiger partial charge in [-0.2, -0.15) is 0 Å². The van der Waals surface area contributed by atoms with Gasteiger partial charge < -0.3 is 0 Å². The van der Waals surface area contributed by atoms with Gasteiger partial charge in [0.15, 0.2) is 5.78 Å². The van der Waals surface area contributed by atoms with Crippen molar-refractivity contribution in [1.82, 2.24) is 0 Å². The van der Waals surface area contributed by atoms with Crippen molar-refractivity contribution in [1.29, 1.82) is 0 Å². The number of carbonyl (C=O) groups is 1. The smallest absolute Gasteiger partial charge is 0.192 e. The highest BCUT2D eigenvalue weighted by atomic mass is 32.2. The van der Waals surface area contributed by atoms with Crippen LogP contribution in [0.25, 0.3) is 0 Å². The van der Waals surface area contributed by atoms with Gasteiger partial charge in [0.2, 0.25) is 0 Å². The van der Waals surface area contributed by atoms with E-state index >= 15 is 0 Å². The lowest BCUT2D eigenvalue weighted by molar-refractivity contribution is 0.103. The molecule has 0 aliphatic carbocycles. The van der Waals surface area contributed by atoms with Crippen LogP contribution in [0.3, 0.4) is 0 Å².